The Balaban J connectivity index is 1.83. The first-order chi connectivity index (χ1) is 9.24. The van der Waals surface area contributed by atoms with Gasteiger partial charge < -0.3 is 15.7 Å². The minimum absolute atomic E-state index is 0.130. The van der Waals surface area contributed by atoms with Crippen LogP contribution >= 0.6 is 0 Å². The van der Waals surface area contributed by atoms with Crippen molar-refractivity contribution >= 4 is 22.5 Å². The Kier molecular flexibility index (Phi) is 3.15. The summed E-state index contributed by atoms with van der Waals surface area (Å²) in [6.45, 7) is 0.464. The smallest absolute Gasteiger partial charge is 0.241 e. The number of carbonyl (C=O) groups excluding carboxylic acids is 1. The number of hydrogen-bond acceptors (Lipinski definition) is 4. The van der Waals surface area contributed by atoms with Crippen LogP contribution in [0.15, 0.2) is 36.5 Å². The fraction of sp³-hybridized carbons (Fsp3) is 0.286. The fourth-order valence-corrected chi connectivity index (χ4v) is 2.34. The van der Waals surface area contributed by atoms with Crippen molar-refractivity contribution < 1.29 is 9.90 Å². The Labute approximate surface area is 110 Å². The first kappa shape index (κ1) is 12.1. The molecule has 5 heteroatoms. The van der Waals surface area contributed by atoms with Crippen molar-refractivity contribution in [3.63, 3.8) is 0 Å². The molecule has 2 atom stereocenters. The van der Waals surface area contributed by atoms with Crippen molar-refractivity contribution in [2.24, 2.45) is 0 Å². The van der Waals surface area contributed by atoms with Crippen LogP contribution < -0.4 is 10.6 Å². The van der Waals surface area contributed by atoms with Gasteiger partial charge in [-0.05, 0) is 18.6 Å². The van der Waals surface area contributed by atoms with Gasteiger partial charge in [-0.15, -0.1) is 0 Å². The second-order valence-corrected chi connectivity index (χ2v) is 4.72. The SMILES string of the molecule is O=C(Nc1cccc2cccnc12)C1CC(O)CN1. The molecule has 0 spiro atoms. The van der Waals surface area contributed by atoms with E-state index in [9.17, 15) is 9.90 Å². The zero-order valence-electron chi connectivity index (χ0n) is 10.3. The Hall–Kier alpha value is -1.98. The predicted molar refractivity (Wildman–Crippen MR) is 72.8 cm³/mol. The van der Waals surface area contributed by atoms with Crippen LogP contribution in [0.2, 0.25) is 0 Å². The zero-order valence-corrected chi connectivity index (χ0v) is 10.3. The first-order valence-corrected chi connectivity index (χ1v) is 6.30. The van der Waals surface area contributed by atoms with Crippen LogP contribution in [0.5, 0.6) is 0 Å². The van der Waals surface area contributed by atoms with Gasteiger partial charge in [-0.3, -0.25) is 9.78 Å². The maximum Gasteiger partial charge on any atom is 0.241 e. The van der Waals surface area contributed by atoms with Crippen molar-refractivity contribution in [2.45, 2.75) is 18.6 Å². The average molecular weight is 257 g/mol. The van der Waals surface area contributed by atoms with Gasteiger partial charge in [-0.2, -0.15) is 0 Å². The van der Waals surface area contributed by atoms with Crippen molar-refractivity contribution in [3.8, 4) is 0 Å². The van der Waals surface area contributed by atoms with Crippen LogP contribution in [0.25, 0.3) is 10.9 Å². The first-order valence-electron chi connectivity index (χ1n) is 6.30. The van der Waals surface area contributed by atoms with Gasteiger partial charge in [0.1, 0.15) is 0 Å². The van der Waals surface area contributed by atoms with Crippen LogP contribution in [-0.4, -0.2) is 34.7 Å². The van der Waals surface area contributed by atoms with Crippen LogP contribution in [0.3, 0.4) is 0 Å². The lowest BCUT2D eigenvalue weighted by molar-refractivity contribution is -0.117. The number of aromatic nitrogens is 1. The van der Waals surface area contributed by atoms with Crippen molar-refractivity contribution in [1.82, 2.24) is 10.3 Å². The van der Waals surface area contributed by atoms with E-state index in [1.807, 2.05) is 30.3 Å². The molecule has 1 aliphatic rings. The number of aliphatic hydroxyl groups excluding tert-OH is 1. The normalized spacial score (nSPS) is 22.6. The predicted octanol–water partition coefficient (Wildman–Crippen LogP) is 0.896. The van der Waals surface area contributed by atoms with Gasteiger partial charge in [0.25, 0.3) is 0 Å². The van der Waals surface area contributed by atoms with Gasteiger partial charge in [0.05, 0.1) is 23.3 Å². The number of rotatable bonds is 2. The van der Waals surface area contributed by atoms with Crippen LogP contribution in [-0.2, 0) is 4.79 Å². The van der Waals surface area contributed by atoms with Gasteiger partial charge >= 0.3 is 0 Å². The van der Waals surface area contributed by atoms with Crippen molar-refractivity contribution in [3.05, 3.63) is 36.5 Å². The third-order valence-corrected chi connectivity index (χ3v) is 3.31. The molecule has 0 radical (unpaired) electrons. The lowest BCUT2D eigenvalue weighted by Gasteiger charge is -2.12. The number of nitrogens with one attached hydrogen (secondary N) is 2. The number of pyridine rings is 1. The van der Waals surface area contributed by atoms with E-state index in [0.29, 0.717) is 18.7 Å². The van der Waals surface area contributed by atoms with Crippen LogP contribution in [0.4, 0.5) is 5.69 Å². The molecule has 2 heterocycles. The van der Waals surface area contributed by atoms with E-state index in [2.05, 4.69) is 15.6 Å². The number of amides is 1. The summed E-state index contributed by atoms with van der Waals surface area (Å²) >= 11 is 0. The molecule has 0 aliphatic carbocycles. The topological polar surface area (TPSA) is 74.2 Å². The summed E-state index contributed by atoms with van der Waals surface area (Å²) in [5.41, 5.74) is 1.48. The molecular weight excluding hydrogens is 242 g/mol. The Morgan fingerprint density at radius 3 is 3.00 bits per heavy atom. The summed E-state index contributed by atoms with van der Waals surface area (Å²) in [5.74, 6) is -0.130. The molecule has 19 heavy (non-hydrogen) atoms. The van der Waals surface area contributed by atoms with E-state index in [1.165, 1.54) is 0 Å². The van der Waals surface area contributed by atoms with Gasteiger partial charge in [0.15, 0.2) is 0 Å². The molecule has 98 valence electrons. The molecule has 1 fully saturated rings. The highest BCUT2D eigenvalue weighted by Gasteiger charge is 2.28. The lowest BCUT2D eigenvalue weighted by Crippen LogP contribution is -2.35. The highest BCUT2D eigenvalue weighted by molar-refractivity contribution is 6.02. The van der Waals surface area contributed by atoms with Gasteiger partial charge in [0.2, 0.25) is 5.91 Å². The van der Waals surface area contributed by atoms with E-state index in [4.69, 9.17) is 0 Å². The molecule has 1 saturated heterocycles. The van der Waals surface area contributed by atoms with Crippen molar-refractivity contribution in [2.75, 3.05) is 11.9 Å². The molecular formula is C14H15N3O2. The highest BCUT2D eigenvalue weighted by atomic mass is 16.3. The van der Waals surface area contributed by atoms with Crippen LogP contribution in [0, 0.1) is 0 Å². The number of β-amino-alcohol motifs (C(OH)–C–C–N with tert-alkyl or cyclic N) is 1. The summed E-state index contributed by atoms with van der Waals surface area (Å²) in [4.78, 5) is 16.4. The minimum atomic E-state index is -0.443. The molecule has 1 aromatic heterocycles. The monoisotopic (exact) mass is 257 g/mol. The molecule has 1 aromatic carbocycles. The van der Waals surface area contributed by atoms with Crippen LogP contribution in [0.1, 0.15) is 6.42 Å². The van der Waals surface area contributed by atoms with Gasteiger partial charge in [0, 0.05) is 18.1 Å². The second-order valence-electron chi connectivity index (χ2n) is 4.72. The molecule has 1 aliphatic heterocycles. The van der Waals surface area contributed by atoms with Gasteiger partial charge in [-0.25, -0.2) is 0 Å². The maximum atomic E-state index is 12.1. The summed E-state index contributed by atoms with van der Waals surface area (Å²) in [6.07, 6.45) is 1.71. The largest absolute Gasteiger partial charge is 0.392 e. The average Bonchev–Trinajstić information content (AvgIpc) is 2.86. The number of anilines is 1. The van der Waals surface area contributed by atoms with E-state index >= 15 is 0 Å². The Bertz CT molecular complexity index is 609. The van der Waals surface area contributed by atoms with E-state index in [-0.39, 0.29) is 11.9 Å². The number of benzene rings is 1. The summed E-state index contributed by atoms with van der Waals surface area (Å²) in [7, 11) is 0. The standard InChI is InChI=1S/C14H15N3O2/c18-10-7-12(16-8-10)14(19)17-11-5-1-3-9-4-2-6-15-13(9)11/h1-6,10,12,16,18H,7-8H2,(H,17,19). The molecule has 3 N–H and O–H groups in total. The Morgan fingerprint density at radius 1 is 1.37 bits per heavy atom. The summed E-state index contributed by atoms with van der Waals surface area (Å²) < 4.78 is 0. The highest BCUT2D eigenvalue weighted by Crippen LogP contribution is 2.21. The molecule has 0 bridgehead atoms. The minimum Gasteiger partial charge on any atom is -0.392 e. The third kappa shape index (κ3) is 2.43. The number of fused-ring (bicyclic) bond motifs is 1. The molecule has 1 amide bonds. The summed E-state index contributed by atoms with van der Waals surface area (Å²) in [6, 6.07) is 9.15. The molecule has 0 saturated carbocycles. The molecule has 5 nitrogen and oxygen atoms in total. The quantitative estimate of drug-likeness (QED) is 0.747. The molecule has 2 unspecified atom stereocenters. The fourth-order valence-electron chi connectivity index (χ4n) is 2.34. The zero-order chi connectivity index (χ0) is 13.2. The third-order valence-electron chi connectivity index (χ3n) is 3.31. The number of para-hydroxylation sites is 1. The van der Waals surface area contributed by atoms with E-state index in [1.54, 1.807) is 6.20 Å². The second kappa shape index (κ2) is 4.95. The number of nitrogens with zero attached hydrogens (tertiary/aromatic N) is 1. The number of hydrogen-bond donors (Lipinski definition) is 3. The molecule has 2 aromatic rings. The van der Waals surface area contributed by atoms with E-state index in [0.717, 1.165) is 10.9 Å². The lowest BCUT2D eigenvalue weighted by atomic mass is 10.1. The summed E-state index contributed by atoms with van der Waals surface area (Å²) in [5, 5.41) is 16.3. The van der Waals surface area contributed by atoms with Gasteiger partial charge in [-0.1, -0.05) is 18.2 Å². The van der Waals surface area contributed by atoms with Crippen molar-refractivity contribution in [1.29, 1.82) is 0 Å². The Morgan fingerprint density at radius 2 is 2.21 bits per heavy atom. The number of carbonyl (C=O) groups is 1. The maximum absolute atomic E-state index is 12.1. The molecule has 3 rings (SSSR count). The van der Waals surface area contributed by atoms with E-state index < -0.39 is 6.10 Å². The number of aliphatic hydroxyl groups is 1.